The Balaban J connectivity index is 2.88. The molecule has 0 fully saturated rings. The number of carbonyl (C=O) groups excluding carboxylic acids is 1. The summed E-state index contributed by atoms with van der Waals surface area (Å²) in [6.45, 7) is 1.95. The van der Waals surface area contributed by atoms with Gasteiger partial charge in [-0.25, -0.2) is 0 Å². The molecule has 0 saturated heterocycles. The molecule has 0 unspecified atom stereocenters. The molecule has 0 aliphatic rings. The van der Waals surface area contributed by atoms with Crippen LogP contribution in [-0.4, -0.2) is 6.29 Å². The molecule has 66 valence electrons. The van der Waals surface area contributed by atoms with Gasteiger partial charge in [-0.15, -0.1) is 0 Å². The fourth-order valence-corrected chi connectivity index (χ4v) is 1.54. The predicted molar refractivity (Wildman–Crippen MR) is 51.3 cm³/mol. The van der Waals surface area contributed by atoms with E-state index in [1.807, 2.05) is 25.1 Å². The third-order valence-electron chi connectivity index (χ3n) is 1.95. The Morgan fingerprint density at radius 1 is 1.46 bits per heavy atom. The van der Waals surface area contributed by atoms with Gasteiger partial charge in [-0.1, -0.05) is 11.6 Å². The van der Waals surface area contributed by atoms with Crippen LogP contribution in [0.2, 0.25) is 5.22 Å². The van der Waals surface area contributed by atoms with Gasteiger partial charge < -0.3 is 4.42 Å². The Morgan fingerprint density at radius 2 is 2.23 bits per heavy atom. The van der Waals surface area contributed by atoms with Gasteiger partial charge in [0.2, 0.25) is 5.22 Å². The van der Waals surface area contributed by atoms with Crippen molar-refractivity contribution in [2.75, 3.05) is 0 Å². The Labute approximate surface area is 80.1 Å². The quantitative estimate of drug-likeness (QED) is 0.653. The highest BCUT2D eigenvalue weighted by molar-refractivity contribution is 6.33. The third-order valence-corrected chi connectivity index (χ3v) is 2.24. The summed E-state index contributed by atoms with van der Waals surface area (Å²) in [6.07, 6.45) is 0.716. The number of fused-ring (bicyclic) bond motifs is 1. The van der Waals surface area contributed by atoms with Crippen molar-refractivity contribution in [2.45, 2.75) is 6.92 Å². The lowest BCUT2D eigenvalue weighted by Gasteiger charge is -1.90. The highest BCUT2D eigenvalue weighted by atomic mass is 35.5. The number of rotatable bonds is 1. The lowest BCUT2D eigenvalue weighted by molar-refractivity contribution is 0.112. The summed E-state index contributed by atoms with van der Waals surface area (Å²) >= 11 is 5.72. The summed E-state index contributed by atoms with van der Waals surface area (Å²) in [7, 11) is 0. The van der Waals surface area contributed by atoms with Gasteiger partial charge in [0.15, 0.2) is 6.29 Å². The van der Waals surface area contributed by atoms with E-state index in [1.54, 1.807) is 0 Å². The summed E-state index contributed by atoms with van der Waals surface area (Å²) in [4.78, 5) is 10.7. The molecule has 2 aromatic rings. The fraction of sp³-hybridized carbons (Fsp3) is 0.100. The Hall–Kier alpha value is -1.28. The SMILES string of the molecule is Cc1ccc2oc(Cl)c(C=O)c2c1. The van der Waals surface area contributed by atoms with Crippen molar-refractivity contribution in [2.24, 2.45) is 0 Å². The van der Waals surface area contributed by atoms with Crippen LogP contribution in [-0.2, 0) is 0 Å². The lowest BCUT2D eigenvalue weighted by Crippen LogP contribution is -1.77. The third kappa shape index (κ3) is 1.23. The zero-order valence-corrected chi connectivity index (χ0v) is 7.76. The number of furan rings is 1. The van der Waals surface area contributed by atoms with Gasteiger partial charge in [0.25, 0.3) is 0 Å². The smallest absolute Gasteiger partial charge is 0.205 e. The Morgan fingerprint density at radius 3 is 2.92 bits per heavy atom. The van der Waals surface area contributed by atoms with E-state index in [4.69, 9.17) is 16.0 Å². The predicted octanol–water partition coefficient (Wildman–Crippen LogP) is 3.21. The van der Waals surface area contributed by atoms with Gasteiger partial charge in [0, 0.05) is 5.39 Å². The number of hydrogen-bond acceptors (Lipinski definition) is 2. The van der Waals surface area contributed by atoms with Gasteiger partial charge in [-0.05, 0) is 30.7 Å². The molecule has 1 aromatic carbocycles. The van der Waals surface area contributed by atoms with Crippen LogP contribution >= 0.6 is 11.6 Å². The topological polar surface area (TPSA) is 30.2 Å². The molecular formula is C10H7ClO2. The minimum atomic E-state index is 0.163. The average molecular weight is 195 g/mol. The van der Waals surface area contributed by atoms with Gasteiger partial charge in [0.05, 0.1) is 5.56 Å². The molecule has 0 saturated carbocycles. The number of aldehydes is 1. The van der Waals surface area contributed by atoms with Crippen LogP contribution in [0, 0.1) is 6.92 Å². The maximum absolute atomic E-state index is 10.7. The first-order chi connectivity index (χ1) is 6.22. The Bertz CT molecular complexity index is 471. The normalized spacial score (nSPS) is 10.6. The second-order valence-electron chi connectivity index (χ2n) is 2.91. The number of halogens is 1. The first-order valence-electron chi connectivity index (χ1n) is 3.86. The molecule has 2 nitrogen and oxygen atoms in total. The van der Waals surface area contributed by atoms with E-state index < -0.39 is 0 Å². The van der Waals surface area contributed by atoms with Gasteiger partial charge in [-0.3, -0.25) is 4.79 Å². The first-order valence-corrected chi connectivity index (χ1v) is 4.24. The summed E-state index contributed by atoms with van der Waals surface area (Å²) in [5.41, 5.74) is 2.16. The van der Waals surface area contributed by atoms with Crippen LogP contribution < -0.4 is 0 Å². The standard InChI is InChI=1S/C10H7ClO2/c1-6-2-3-9-7(4-6)8(5-12)10(11)13-9/h2-5H,1H3. The fourth-order valence-electron chi connectivity index (χ4n) is 1.31. The van der Waals surface area contributed by atoms with E-state index in [2.05, 4.69) is 0 Å². The molecule has 0 N–H and O–H groups in total. The molecule has 1 aromatic heterocycles. The van der Waals surface area contributed by atoms with Gasteiger partial charge >= 0.3 is 0 Å². The number of benzene rings is 1. The minimum absolute atomic E-state index is 0.163. The van der Waals surface area contributed by atoms with Crippen molar-refractivity contribution < 1.29 is 9.21 Å². The number of carbonyl (C=O) groups is 1. The van der Waals surface area contributed by atoms with E-state index in [0.717, 1.165) is 10.9 Å². The summed E-state index contributed by atoms with van der Waals surface area (Å²) in [6, 6.07) is 5.61. The molecule has 0 bridgehead atoms. The monoisotopic (exact) mass is 194 g/mol. The molecule has 13 heavy (non-hydrogen) atoms. The number of hydrogen-bond donors (Lipinski definition) is 0. The van der Waals surface area contributed by atoms with Crippen LogP contribution in [0.1, 0.15) is 15.9 Å². The highest BCUT2D eigenvalue weighted by Gasteiger charge is 2.10. The number of aryl methyl sites for hydroxylation is 1. The molecule has 0 radical (unpaired) electrons. The molecule has 0 amide bonds. The zero-order valence-electron chi connectivity index (χ0n) is 7.00. The van der Waals surface area contributed by atoms with Crippen LogP contribution in [0.15, 0.2) is 22.6 Å². The molecule has 0 aliphatic heterocycles. The second kappa shape index (κ2) is 2.89. The summed E-state index contributed by atoms with van der Waals surface area (Å²) in [5, 5.41) is 0.940. The summed E-state index contributed by atoms with van der Waals surface area (Å²) < 4.78 is 5.18. The molecule has 0 aliphatic carbocycles. The molecular weight excluding hydrogens is 188 g/mol. The van der Waals surface area contributed by atoms with Crippen molar-refractivity contribution in [3.63, 3.8) is 0 Å². The van der Waals surface area contributed by atoms with Crippen molar-refractivity contribution >= 4 is 28.9 Å². The van der Waals surface area contributed by atoms with Crippen molar-refractivity contribution in [3.05, 3.63) is 34.5 Å². The average Bonchev–Trinajstić information content (AvgIpc) is 2.40. The molecule has 0 atom stereocenters. The van der Waals surface area contributed by atoms with E-state index in [-0.39, 0.29) is 5.22 Å². The van der Waals surface area contributed by atoms with Crippen molar-refractivity contribution in [1.29, 1.82) is 0 Å². The minimum Gasteiger partial charge on any atom is -0.444 e. The van der Waals surface area contributed by atoms with Crippen molar-refractivity contribution in [1.82, 2.24) is 0 Å². The van der Waals surface area contributed by atoms with Gasteiger partial charge in [0.1, 0.15) is 5.58 Å². The van der Waals surface area contributed by atoms with Gasteiger partial charge in [-0.2, -0.15) is 0 Å². The van der Waals surface area contributed by atoms with E-state index in [0.29, 0.717) is 17.4 Å². The van der Waals surface area contributed by atoms with E-state index >= 15 is 0 Å². The molecule has 2 rings (SSSR count). The molecule has 1 heterocycles. The first kappa shape index (κ1) is 8.32. The van der Waals surface area contributed by atoms with Crippen LogP contribution in [0.5, 0.6) is 0 Å². The van der Waals surface area contributed by atoms with Crippen LogP contribution in [0.3, 0.4) is 0 Å². The Kier molecular flexibility index (Phi) is 1.85. The van der Waals surface area contributed by atoms with E-state index in [1.165, 1.54) is 0 Å². The second-order valence-corrected chi connectivity index (χ2v) is 3.25. The van der Waals surface area contributed by atoms with E-state index in [9.17, 15) is 4.79 Å². The summed E-state index contributed by atoms with van der Waals surface area (Å²) in [5.74, 6) is 0. The maximum Gasteiger partial charge on any atom is 0.205 e. The largest absolute Gasteiger partial charge is 0.444 e. The van der Waals surface area contributed by atoms with Crippen LogP contribution in [0.25, 0.3) is 11.0 Å². The van der Waals surface area contributed by atoms with Crippen LogP contribution in [0.4, 0.5) is 0 Å². The lowest BCUT2D eigenvalue weighted by atomic mass is 10.1. The molecule has 3 heteroatoms. The maximum atomic E-state index is 10.7. The molecule has 0 spiro atoms. The van der Waals surface area contributed by atoms with Crippen molar-refractivity contribution in [3.8, 4) is 0 Å². The zero-order chi connectivity index (χ0) is 9.42. The highest BCUT2D eigenvalue weighted by Crippen LogP contribution is 2.28.